The Labute approximate surface area is 199 Å². The van der Waals surface area contributed by atoms with Crippen molar-refractivity contribution in [1.82, 2.24) is 4.72 Å². The predicted molar refractivity (Wildman–Crippen MR) is 126 cm³/mol. The lowest BCUT2D eigenvalue weighted by molar-refractivity contribution is -0.137. The highest BCUT2D eigenvalue weighted by Gasteiger charge is 2.37. The quantitative estimate of drug-likeness (QED) is 0.590. The van der Waals surface area contributed by atoms with Gasteiger partial charge in [-0.15, -0.1) is 0 Å². The molecule has 1 unspecified atom stereocenters. The van der Waals surface area contributed by atoms with Crippen molar-refractivity contribution in [3.8, 4) is 0 Å². The molecular formula is C25H31F3N2O3S. The number of nitrogens with zero attached hydrogens (tertiary/aromatic N) is 1. The zero-order valence-corrected chi connectivity index (χ0v) is 20.0. The summed E-state index contributed by atoms with van der Waals surface area (Å²) in [5.41, 5.74) is 1.28. The Balaban J connectivity index is 1.41. The van der Waals surface area contributed by atoms with Crippen LogP contribution < -0.4 is 9.62 Å². The zero-order valence-electron chi connectivity index (χ0n) is 19.2. The first kappa shape index (κ1) is 25.0. The number of rotatable bonds is 7. The van der Waals surface area contributed by atoms with Gasteiger partial charge in [-0.05, 0) is 67.9 Å². The fourth-order valence-electron chi connectivity index (χ4n) is 5.16. The highest BCUT2D eigenvalue weighted by atomic mass is 32.2. The van der Waals surface area contributed by atoms with Crippen molar-refractivity contribution in [1.29, 1.82) is 0 Å². The molecule has 1 aliphatic carbocycles. The minimum atomic E-state index is -4.40. The van der Waals surface area contributed by atoms with E-state index in [1.165, 1.54) is 17.7 Å². The lowest BCUT2D eigenvalue weighted by Gasteiger charge is -2.34. The second-order valence-electron chi connectivity index (χ2n) is 9.31. The third-order valence-electron chi connectivity index (χ3n) is 6.89. The monoisotopic (exact) mass is 496 g/mol. The fourth-order valence-corrected chi connectivity index (χ4v) is 5.98. The molecule has 1 aliphatic heterocycles. The number of sulfonamides is 1. The number of hydrogen-bond donors (Lipinski definition) is 1. The molecule has 1 heterocycles. The third kappa shape index (κ3) is 6.31. The second-order valence-corrected chi connectivity index (χ2v) is 11.1. The first-order valence-corrected chi connectivity index (χ1v) is 13.6. The molecule has 2 aromatic rings. The number of halogens is 3. The van der Waals surface area contributed by atoms with Gasteiger partial charge in [0.1, 0.15) is 0 Å². The average molecular weight is 497 g/mol. The Bertz CT molecular complexity index is 1040. The van der Waals surface area contributed by atoms with Crippen LogP contribution in [0.25, 0.3) is 0 Å². The van der Waals surface area contributed by atoms with E-state index in [4.69, 9.17) is 4.74 Å². The number of alkyl halides is 3. The van der Waals surface area contributed by atoms with Gasteiger partial charge < -0.3 is 9.64 Å². The maximum absolute atomic E-state index is 13.0. The largest absolute Gasteiger partial charge is 0.416 e. The van der Waals surface area contributed by atoms with Gasteiger partial charge in [0.2, 0.25) is 10.0 Å². The summed E-state index contributed by atoms with van der Waals surface area (Å²) in [6, 6.07) is 14.8. The maximum Gasteiger partial charge on any atom is 0.416 e. The Hall–Kier alpha value is -2.10. The van der Waals surface area contributed by atoms with Crippen LogP contribution in [0.3, 0.4) is 0 Å². The van der Waals surface area contributed by atoms with Gasteiger partial charge in [-0.2, -0.15) is 13.2 Å². The van der Waals surface area contributed by atoms with Gasteiger partial charge in [0.25, 0.3) is 0 Å². The predicted octanol–water partition coefficient (Wildman–Crippen LogP) is 4.94. The van der Waals surface area contributed by atoms with E-state index in [0.29, 0.717) is 31.2 Å². The normalized spacial score (nSPS) is 26.1. The average Bonchev–Trinajstić information content (AvgIpc) is 3.19. The molecule has 9 heteroatoms. The van der Waals surface area contributed by atoms with Crippen molar-refractivity contribution in [2.45, 2.75) is 62.4 Å². The fraction of sp³-hybridized carbons (Fsp3) is 0.520. The molecule has 0 bridgehead atoms. The number of anilines is 1. The van der Waals surface area contributed by atoms with E-state index < -0.39 is 21.8 Å². The van der Waals surface area contributed by atoms with E-state index in [9.17, 15) is 21.6 Å². The molecule has 0 spiro atoms. The maximum atomic E-state index is 13.0. The molecule has 1 saturated heterocycles. The Morgan fingerprint density at radius 2 is 1.62 bits per heavy atom. The van der Waals surface area contributed by atoms with Crippen molar-refractivity contribution < 1.29 is 26.3 Å². The minimum absolute atomic E-state index is 0.0916. The molecule has 186 valence electrons. The van der Waals surface area contributed by atoms with Crippen molar-refractivity contribution in [2.24, 2.45) is 0 Å². The van der Waals surface area contributed by atoms with Gasteiger partial charge in [0, 0.05) is 18.3 Å². The molecule has 2 aromatic carbocycles. The molecule has 34 heavy (non-hydrogen) atoms. The molecule has 2 aliphatic rings. The summed E-state index contributed by atoms with van der Waals surface area (Å²) in [5.74, 6) is 0.524. The summed E-state index contributed by atoms with van der Waals surface area (Å²) in [7, 11) is -3.43. The smallest absolute Gasteiger partial charge is 0.376 e. The summed E-state index contributed by atoms with van der Waals surface area (Å²) < 4.78 is 71.7. The van der Waals surface area contributed by atoms with E-state index in [-0.39, 0.29) is 18.2 Å². The number of benzene rings is 2. The Kier molecular flexibility index (Phi) is 7.54. The molecule has 1 saturated carbocycles. The lowest BCUT2D eigenvalue weighted by atomic mass is 9.83. The van der Waals surface area contributed by atoms with Gasteiger partial charge in [0.15, 0.2) is 0 Å². The minimum Gasteiger partial charge on any atom is -0.376 e. The second kappa shape index (κ2) is 10.3. The lowest BCUT2D eigenvalue weighted by Crippen LogP contribution is -2.48. The Morgan fingerprint density at radius 1 is 0.971 bits per heavy atom. The van der Waals surface area contributed by atoms with E-state index in [0.717, 1.165) is 44.1 Å². The van der Waals surface area contributed by atoms with Gasteiger partial charge in [0.05, 0.1) is 30.6 Å². The van der Waals surface area contributed by atoms with Gasteiger partial charge in [-0.25, -0.2) is 13.1 Å². The topological polar surface area (TPSA) is 58.6 Å². The molecule has 2 fully saturated rings. The molecule has 5 nitrogen and oxygen atoms in total. The van der Waals surface area contributed by atoms with Crippen LogP contribution in [0.2, 0.25) is 0 Å². The molecule has 1 N–H and O–H groups in total. The molecule has 0 aromatic heterocycles. The van der Waals surface area contributed by atoms with E-state index in [2.05, 4.69) is 29.0 Å². The third-order valence-corrected chi connectivity index (χ3v) is 7.62. The van der Waals surface area contributed by atoms with Crippen LogP contribution in [0.1, 0.15) is 49.1 Å². The highest BCUT2D eigenvalue weighted by Crippen LogP contribution is 2.35. The van der Waals surface area contributed by atoms with E-state index >= 15 is 0 Å². The standard InChI is InChI=1S/C25H31F3N2O3S/c1-34(31,32)29-23-15-16-30(21-11-9-20(10-12-21)25(26,27)28)24(23)17-33-22-13-7-19(8-14-22)18-5-3-2-4-6-18/h2-6,9-12,19,22-24,29H,7-8,13-17H2,1H3/t19?,22?,23?,24-/m0/s1. The molecule has 4 rings (SSSR count). The number of nitrogens with one attached hydrogen (secondary N) is 1. The first-order valence-electron chi connectivity index (χ1n) is 11.7. The highest BCUT2D eigenvalue weighted by molar-refractivity contribution is 7.88. The van der Waals surface area contributed by atoms with Gasteiger partial charge in [-0.3, -0.25) is 0 Å². The first-order chi connectivity index (χ1) is 16.1. The molecular weight excluding hydrogens is 465 g/mol. The van der Waals surface area contributed by atoms with Crippen LogP contribution in [0.4, 0.5) is 18.9 Å². The van der Waals surface area contributed by atoms with Gasteiger partial charge in [-0.1, -0.05) is 30.3 Å². The summed E-state index contributed by atoms with van der Waals surface area (Å²) in [4.78, 5) is 1.96. The van der Waals surface area contributed by atoms with E-state index in [1.807, 2.05) is 11.0 Å². The summed E-state index contributed by atoms with van der Waals surface area (Å²) in [6.45, 7) is 0.849. The van der Waals surface area contributed by atoms with Crippen molar-refractivity contribution in [3.63, 3.8) is 0 Å². The van der Waals surface area contributed by atoms with Gasteiger partial charge >= 0.3 is 6.18 Å². The van der Waals surface area contributed by atoms with Crippen LogP contribution in [-0.2, 0) is 20.9 Å². The number of ether oxygens (including phenoxy) is 1. The SMILES string of the molecule is CS(=O)(=O)NC1CCN(c2ccc(C(F)(F)F)cc2)[C@H]1COC1CCC(c2ccccc2)CC1. The summed E-state index contributed by atoms with van der Waals surface area (Å²) in [6.07, 6.45) is 1.30. The van der Waals surface area contributed by atoms with Crippen LogP contribution in [-0.4, -0.2) is 46.0 Å². The van der Waals surface area contributed by atoms with Crippen molar-refractivity contribution >= 4 is 15.7 Å². The number of hydrogen-bond acceptors (Lipinski definition) is 4. The van der Waals surface area contributed by atoms with Crippen molar-refractivity contribution in [3.05, 3.63) is 65.7 Å². The van der Waals surface area contributed by atoms with Crippen LogP contribution in [0.5, 0.6) is 0 Å². The Morgan fingerprint density at radius 3 is 2.21 bits per heavy atom. The van der Waals surface area contributed by atoms with E-state index in [1.54, 1.807) is 0 Å². The van der Waals surface area contributed by atoms with Crippen molar-refractivity contribution in [2.75, 3.05) is 24.3 Å². The molecule has 2 atom stereocenters. The van der Waals surface area contributed by atoms with Crippen LogP contribution in [0.15, 0.2) is 54.6 Å². The van der Waals surface area contributed by atoms with Crippen LogP contribution >= 0.6 is 0 Å². The van der Waals surface area contributed by atoms with Crippen LogP contribution in [0, 0.1) is 0 Å². The summed E-state index contributed by atoms with van der Waals surface area (Å²) >= 11 is 0. The zero-order chi connectivity index (χ0) is 24.3. The molecule has 0 amide bonds. The summed E-state index contributed by atoms with van der Waals surface area (Å²) in [5, 5.41) is 0. The molecule has 0 radical (unpaired) electrons.